The number of carbonyl (C=O) groups excluding carboxylic acids is 3. The van der Waals surface area contributed by atoms with Gasteiger partial charge in [0.1, 0.15) is 36.7 Å². The predicted molar refractivity (Wildman–Crippen MR) is 157 cm³/mol. The van der Waals surface area contributed by atoms with Crippen LogP contribution in [0.5, 0.6) is 0 Å². The lowest BCUT2D eigenvalue weighted by molar-refractivity contribution is -0.150. The molecule has 3 aromatic rings. The second-order valence-electron chi connectivity index (χ2n) is 10.4. The summed E-state index contributed by atoms with van der Waals surface area (Å²) in [4.78, 5) is 43.2. The molecule has 0 radical (unpaired) electrons. The number of carbonyl (C=O) groups is 3. The first-order chi connectivity index (χ1) is 20.3. The first-order valence-corrected chi connectivity index (χ1v) is 14.0. The second kappa shape index (κ2) is 15.6. The number of likely N-dealkylation sites (N-methyl/N-ethyl adjacent to an activating group) is 1. The van der Waals surface area contributed by atoms with Gasteiger partial charge in [-0.05, 0) is 53.6 Å². The standard InChI is InChI=1S/C30H35ClF2N4O6/c1-17(2)28(34)29(40)42-16-23(38)13-22(37(3)26(39)10-8-18-5-4-6-24(33)27(18)31)15-43-30(41)36-25-12-20-11-21(32)9-7-19(20)14-35-25/h4-7,9,11-12,14,17,22-23,28,38H,8,10,13,15-16,34H2,1-3H3,(H,35,36,41)/t22-,23?,28-/m0/s1. The molecular formula is C30H35ClF2N4O6. The fourth-order valence-corrected chi connectivity index (χ4v) is 4.34. The van der Waals surface area contributed by atoms with Gasteiger partial charge in [0.05, 0.1) is 17.2 Å². The molecule has 1 aromatic heterocycles. The number of amides is 2. The van der Waals surface area contributed by atoms with Crippen molar-refractivity contribution < 1.29 is 37.7 Å². The lowest BCUT2D eigenvalue weighted by Gasteiger charge is -2.30. The van der Waals surface area contributed by atoms with Crippen molar-refractivity contribution in [3.05, 3.63) is 70.9 Å². The number of benzene rings is 2. The molecule has 0 bridgehead atoms. The predicted octanol–water partition coefficient (Wildman–Crippen LogP) is 4.45. The van der Waals surface area contributed by atoms with E-state index in [0.29, 0.717) is 16.3 Å². The van der Waals surface area contributed by atoms with Crippen molar-refractivity contribution in [3.8, 4) is 0 Å². The van der Waals surface area contributed by atoms with Crippen LogP contribution in [-0.2, 0) is 25.5 Å². The Morgan fingerprint density at radius 2 is 1.84 bits per heavy atom. The minimum Gasteiger partial charge on any atom is -0.462 e. The third kappa shape index (κ3) is 9.84. The van der Waals surface area contributed by atoms with Crippen LogP contribution in [0.25, 0.3) is 10.8 Å². The van der Waals surface area contributed by atoms with Crippen molar-refractivity contribution in [2.45, 2.75) is 51.3 Å². The highest BCUT2D eigenvalue weighted by Gasteiger charge is 2.27. The maximum absolute atomic E-state index is 13.8. The van der Waals surface area contributed by atoms with Crippen LogP contribution in [0.4, 0.5) is 19.4 Å². The molecule has 1 heterocycles. The van der Waals surface area contributed by atoms with Gasteiger partial charge in [0.15, 0.2) is 0 Å². The zero-order valence-electron chi connectivity index (χ0n) is 24.1. The van der Waals surface area contributed by atoms with E-state index in [1.807, 2.05) is 0 Å². The topological polar surface area (TPSA) is 144 Å². The van der Waals surface area contributed by atoms with Gasteiger partial charge in [0, 0.05) is 31.5 Å². The van der Waals surface area contributed by atoms with E-state index in [0.717, 1.165) is 0 Å². The molecule has 13 heteroatoms. The van der Waals surface area contributed by atoms with Crippen LogP contribution in [0.3, 0.4) is 0 Å². The molecule has 0 aliphatic heterocycles. The number of aliphatic hydroxyl groups is 1. The van der Waals surface area contributed by atoms with E-state index in [2.05, 4.69) is 10.3 Å². The summed E-state index contributed by atoms with van der Waals surface area (Å²) in [6.45, 7) is 2.78. The number of aliphatic hydroxyl groups excluding tert-OH is 1. The highest BCUT2D eigenvalue weighted by molar-refractivity contribution is 6.31. The number of nitrogens with one attached hydrogen (secondary N) is 1. The van der Waals surface area contributed by atoms with Crippen molar-refractivity contribution >= 4 is 46.2 Å². The molecule has 0 saturated carbocycles. The van der Waals surface area contributed by atoms with Crippen LogP contribution in [0, 0.1) is 17.6 Å². The number of nitrogens with two attached hydrogens (primary N) is 1. The Morgan fingerprint density at radius 3 is 2.56 bits per heavy atom. The summed E-state index contributed by atoms with van der Waals surface area (Å²) < 4.78 is 37.9. The Hall–Kier alpha value is -3.87. The minimum absolute atomic E-state index is 0.0474. The number of halogens is 3. The maximum Gasteiger partial charge on any atom is 0.412 e. The van der Waals surface area contributed by atoms with Crippen LogP contribution < -0.4 is 11.1 Å². The van der Waals surface area contributed by atoms with E-state index >= 15 is 0 Å². The van der Waals surface area contributed by atoms with Gasteiger partial charge in [0.2, 0.25) is 5.91 Å². The van der Waals surface area contributed by atoms with E-state index in [4.69, 9.17) is 26.8 Å². The average molecular weight is 621 g/mol. The number of aryl methyl sites for hydroxylation is 1. The Morgan fingerprint density at radius 1 is 1.09 bits per heavy atom. The number of nitrogens with zero attached hydrogens (tertiary/aromatic N) is 2. The fourth-order valence-electron chi connectivity index (χ4n) is 4.12. The molecule has 10 nitrogen and oxygen atoms in total. The van der Waals surface area contributed by atoms with Gasteiger partial charge in [-0.1, -0.05) is 37.6 Å². The summed E-state index contributed by atoms with van der Waals surface area (Å²) in [5.74, 6) is -2.17. The molecule has 0 spiro atoms. The molecule has 2 aromatic carbocycles. The summed E-state index contributed by atoms with van der Waals surface area (Å²) in [7, 11) is 1.47. The number of hydrogen-bond donors (Lipinski definition) is 3. The molecule has 4 N–H and O–H groups in total. The quantitative estimate of drug-likeness (QED) is 0.238. The van der Waals surface area contributed by atoms with Crippen LogP contribution >= 0.6 is 11.6 Å². The maximum atomic E-state index is 13.8. The van der Waals surface area contributed by atoms with Crippen LogP contribution in [0.15, 0.2) is 48.7 Å². The first kappa shape index (κ1) is 33.6. The Labute approximate surface area is 253 Å². The van der Waals surface area contributed by atoms with E-state index < -0.39 is 47.8 Å². The molecular weight excluding hydrogens is 586 g/mol. The lowest BCUT2D eigenvalue weighted by Crippen LogP contribution is -2.44. The molecule has 0 fully saturated rings. The summed E-state index contributed by atoms with van der Waals surface area (Å²) in [6, 6.07) is 8.23. The number of rotatable bonds is 13. The van der Waals surface area contributed by atoms with Crippen molar-refractivity contribution in [2.24, 2.45) is 11.7 Å². The Balaban J connectivity index is 1.65. The first-order valence-electron chi connectivity index (χ1n) is 13.6. The fraction of sp³-hybridized carbons (Fsp3) is 0.400. The number of pyridine rings is 1. The van der Waals surface area contributed by atoms with Gasteiger partial charge in [-0.3, -0.25) is 14.9 Å². The van der Waals surface area contributed by atoms with Crippen LogP contribution in [-0.4, -0.2) is 71.4 Å². The summed E-state index contributed by atoms with van der Waals surface area (Å²) >= 11 is 6.01. The van der Waals surface area contributed by atoms with Crippen molar-refractivity contribution in [1.29, 1.82) is 0 Å². The monoisotopic (exact) mass is 620 g/mol. The SMILES string of the molecule is CC(C)[C@H](N)C(=O)OCC(O)C[C@@H](COC(=O)Nc1cc2cc(F)ccc2cn1)N(C)C(=O)CCc1cccc(F)c1Cl. The smallest absolute Gasteiger partial charge is 0.412 e. The highest BCUT2D eigenvalue weighted by Crippen LogP contribution is 2.22. The molecule has 0 aliphatic rings. The zero-order chi connectivity index (χ0) is 31.7. The molecule has 232 valence electrons. The van der Waals surface area contributed by atoms with Crippen molar-refractivity contribution in [2.75, 3.05) is 25.6 Å². The number of anilines is 1. The molecule has 0 saturated heterocycles. The van der Waals surface area contributed by atoms with Gasteiger partial charge in [0.25, 0.3) is 0 Å². The minimum atomic E-state index is -1.22. The van der Waals surface area contributed by atoms with E-state index in [1.54, 1.807) is 26.0 Å². The Bertz CT molecular complexity index is 1440. The summed E-state index contributed by atoms with van der Waals surface area (Å²) in [6.07, 6.45) is -0.667. The van der Waals surface area contributed by atoms with Crippen LogP contribution in [0.1, 0.15) is 32.3 Å². The third-order valence-corrected chi connectivity index (χ3v) is 7.28. The molecule has 0 aliphatic carbocycles. The summed E-state index contributed by atoms with van der Waals surface area (Å²) in [5.41, 5.74) is 6.24. The van der Waals surface area contributed by atoms with Gasteiger partial charge in [-0.25, -0.2) is 18.6 Å². The average Bonchev–Trinajstić information content (AvgIpc) is 2.97. The zero-order valence-corrected chi connectivity index (χ0v) is 24.8. The lowest BCUT2D eigenvalue weighted by atomic mass is 10.1. The largest absolute Gasteiger partial charge is 0.462 e. The number of ether oxygens (including phenoxy) is 2. The number of hydrogen-bond acceptors (Lipinski definition) is 8. The van der Waals surface area contributed by atoms with Gasteiger partial charge in [-0.15, -0.1) is 0 Å². The van der Waals surface area contributed by atoms with Crippen molar-refractivity contribution in [3.63, 3.8) is 0 Å². The number of aromatic nitrogens is 1. The van der Waals surface area contributed by atoms with E-state index in [1.165, 1.54) is 48.5 Å². The van der Waals surface area contributed by atoms with Crippen molar-refractivity contribution in [1.82, 2.24) is 9.88 Å². The number of fused-ring (bicyclic) bond motifs is 1. The van der Waals surface area contributed by atoms with Crippen LogP contribution in [0.2, 0.25) is 5.02 Å². The molecule has 3 atom stereocenters. The molecule has 1 unspecified atom stereocenters. The van der Waals surface area contributed by atoms with E-state index in [-0.39, 0.29) is 49.2 Å². The second-order valence-corrected chi connectivity index (χ2v) is 10.8. The van der Waals surface area contributed by atoms with E-state index in [9.17, 15) is 28.3 Å². The molecule has 3 rings (SSSR count). The number of esters is 1. The van der Waals surface area contributed by atoms with Gasteiger partial charge in [-0.2, -0.15) is 0 Å². The normalized spacial score (nSPS) is 13.3. The third-order valence-electron chi connectivity index (χ3n) is 6.85. The molecule has 2 amide bonds. The Kier molecular flexibility index (Phi) is 12.2. The van der Waals surface area contributed by atoms with Gasteiger partial charge >= 0.3 is 12.1 Å². The summed E-state index contributed by atoms with van der Waals surface area (Å²) in [5, 5.41) is 14.2. The highest BCUT2D eigenvalue weighted by atomic mass is 35.5. The van der Waals surface area contributed by atoms with Gasteiger partial charge < -0.3 is 25.2 Å². The molecule has 43 heavy (non-hydrogen) atoms.